The molecule has 1 aromatic carbocycles. The first-order valence-corrected chi connectivity index (χ1v) is 9.16. The van der Waals surface area contributed by atoms with Gasteiger partial charge in [-0.15, -0.1) is 0 Å². The molecule has 5 nitrogen and oxygen atoms in total. The van der Waals surface area contributed by atoms with Crippen LogP contribution in [-0.4, -0.2) is 42.9 Å². The monoisotopic (exact) mass is 355 g/mol. The molecule has 1 spiro atoms. The van der Waals surface area contributed by atoms with Crippen LogP contribution in [0.1, 0.15) is 50.3 Å². The Morgan fingerprint density at radius 3 is 2.42 bits per heavy atom. The average Bonchev–Trinajstić information content (AvgIpc) is 2.47. The summed E-state index contributed by atoms with van der Waals surface area (Å²) in [5.74, 6) is 0. The van der Waals surface area contributed by atoms with E-state index in [4.69, 9.17) is 10.1 Å². The van der Waals surface area contributed by atoms with Gasteiger partial charge in [0.2, 0.25) is 0 Å². The summed E-state index contributed by atoms with van der Waals surface area (Å²) < 4.78 is 5.44. The number of hydrogen-bond acceptors (Lipinski definition) is 4. The van der Waals surface area contributed by atoms with Gasteiger partial charge < -0.3 is 20.4 Å². The van der Waals surface area contributed by atoms with Crippen LogP contribution < -0.4 is 5.32 Å². The lowest BCUT2D eigenvalue weighted by Gasteiger charge is -2.56. The SMILES string of the molecule is CNc1c(C=N)ccc(C=C2CC3(C2)CN(C(=O)OC(C)(C)C)C3)c1C. The third-order valence-electron chi connectivity index (χ3n) is 5.21. The fraction of sp³-hybridized carbons (Fsp3) is 0.524. The molecule has 0 radical (unpaired) electrons. The number of anilines is 1. The molecule has 3 rings (SSSR count). The van der Waals surface area contributed by atoms with Gasteiger partial charge in [-0.3, -0.25) is 0 Å². The van der Waals surface area contributed by atoms with E-state index in [2.05, 4.69) is 24.4 Å². The average molecular weight is 355 g/mol. The number of ether oxygens (including phenoxy) is 1. The summed E-state index contributed by atoms with van der Waals surface area (Å²) in [6, 6.07) is 4.07. The summed E-state index contributed by atoms with van der Waals surface area (Å²) in [5, 5.41) is 10.7. The lowest BCUT2D eigenvalue weighted by molar-refractivity contribution is -0.0498. The van der Waals surface area contributed by atoms with Crippen LogP contribution in [-0.2, 0) is 4.74 Å². The molecule has 0 unspecified atom stereocenters. The second kappa shape index (κ2) is 6.45. The number of carbonyl (C=O) groups is 1. The Morgan fingerprint density at radius 1 is 1.27 bits per heavy atom. The van der Waals surface area contributed by atoms with E-state index in [0.717, 1.165) is 37.2 Å². The largest absolute Gasteiger partial charge is 0.444 e. The fourth-order valence-electron chi connectivity index (χ4n) is 4.03. The van der Waals surface area contributed by atoms with Crippen molar-refractivity contribution in [3.8, 4) is 0 Å². The molecule has 2 aliphatic rings. The first-order valence-electron chi connectivity index (χ1n) is 9.16. The third-order valence-corrected chi connectivity index (χ3v) is 5.21. The van der Waals surface area contributed by atoms with Crippen molar-refractivity contribution >= 4 is 24.1 Å². The zero-order chi connectivity index (χ0) is 19.1. The van der Waals surface area contributed by atoms with Crippen LogP contribution in [0, 0.1) is 17.7 Å². The van der Waals surface area contributed by atoms with Crippen LogP contribution in [0.25, 0.3) is 6.08 Å². The number of benzene rings is 1. The zero-order valence-electron chi connectivity index (χ0n) is 16.4. The van der Waals surface area contributed by atoms with E-state index in [-0.39, 0.29) is 11.5 Å². The van der Waals surface area contributed by atoms with Gasteiger partial charge >= 0.3 is 6.09 Å². The number of amides is 1. The minimum atomic E-state index is -0.435. The quantitative estimate of drug-likeness (QED) is 0.787. The molecule has 1 saturated carbocycles. The highest BCUT2D eigenvalue weighted by molar-refractivity contribution is 5.88. The van der Waals surface area contributed by atoms with Gasteiger partial charge in [-0.05, 0) is 51.7 Å². The predicted octanol–water partition coefficient (Wildman–Crippen LogP) is 4.45. The molecule has 26 heavy (non-hydrogen) atoms. The number of rotatable bonds is 3. The molecule has 0 atom stereocenters. The maximum atomic E-state index is 12.1. The summed E-state index contributed by atoms with van der Waals surface area (Å²) in [6.45, 7) is 9.38. The van der Waals surface area contributed by atoms with Crippen LogP contribution >= 0.6 is 0 Å². The molecule has 0 bridgehead atoms. The number of hydrogen-bond donors (Lipinski definition) is 2. The van der Waals surface area contributed by atoms with E-state index in [1.807, 2.05) is 38.8 Å². The van der Waals surface area contributed by atoms with Crippen molar-refractivity contribution in [1.29, 1.82) is 5.41 Å². The highest BCUT2D eigenvalue weighted by Crippen LogP contribution is 2.52. The van der Waals surface area contributed by atoms with Crippen LogP contribution in [0.2, 0.25) is 0 Å². The molecule has 1 saturated heterocycles. The van der Waals surface area contributed by atoms with Gasteiger partial charge in [0.15, 0.2) is 0 Å². The molecule has 0 aromatic heterocycles. The number of likely N-dealkylation sites (tertiary alicyclic amines) is 1. The van der Waals surface area contributed by atoms with Gasteiger partial charge in [-0.25, -0.2) is 4.79 Å². The van der Waals surface area contributed by atoms with Gasteiger partial charge in [0, 0.05) is 43.0 Å². The standard InChI is InChI=1S/C21H29N3O2/c1-14-16(6-7-17(11-22)18(14)23-5)8-15-9-21(10-15)12-24(13-21)19(25)26-20(2,3)4/h6-8,11,22-23H,9-10,12-13H2,1-5H3. The van der Waals surface area contributed by atoms with Gasteiger partial charge in [-0.1, -0.05) is 23.8 Å². The summed E-state index contributed by atoms with van der Waals surface area (Å²) in [5.41, 5.74) is 5.56. The molecule has 5 heteroatoms. The van der Waals surface area contributed by atoms with E-state index in [1.54, 1.807) is 0 Å². The highest BCUT2D eigenvalue weighted by Gasteiger charge is 2.52. The van der Waals surface area contributed by atoms with E-state index in [0.29, 0.717) is 0 Å². The molecule has 140 valence electrons. The third kappa shape index (κ3) is 3.48. The van der Waals surface area contributed by atoms with Crippen molar-refractivity contribution in [1.82, 2.24) is 4.90 Å². The minimum Gasteiger partial charge on any atom is -0.444 e. The van der Waals surface area contributed by atoms with E-state index >= 15 is 0 Å². The molecule has 1 aliphatic heterocycles. The Hall–Kier alpha value is -2.30. The first-order chi connectivity index (χ1) is 12.2. The summed E-state index contributed by atoms with van der Waals surface area (Å²) in [6.07, 6.45) is 5.55. The maximum absolute atomic E-state index is 12.1. The van der Waals surface area contributed by atoms with Crippen molar-refractivity contribution in [2.75, 3.05) is 25.5 Å². The summed E-state index contributed by atoms with van der Waals surface area (Å²) >= 11 is 0. The molecule has 1 aliphatic carbocycles. The van der Waals surface area contributed by atoms with Gasteiger partial charge in [0.05, 0.1) is 0 Å². The van der Waals surface area contributed by atoms with E-state index < -0.39 is 5.60 Å². The molecule has 1 aromatic rings. The molecule has 2 fully saturated rings. The lowest BCUT2D eigenvalue weighted by Crippen LogP contribution is -2.62. The van der Waals surface area contributed by atoms with Crippen LogP contribution in [0.5, 0.6) is 0 Å². The van der Waals surface area contributed by atoms with Crippen molar-refractivity contribution < 1.29 is 9.53 Å². The van der Waals surface area contributed by atoms with Gasteiger partial charge in [0.25, 0.3) is 0 Å². The van der Waals surface area contributed by atoms with E-state index in [9.17, 15) is 4.79 Å². The number of carbonyl (C=O) groups excluding carboxylic acids is 1. The van der Waals surface area contributed by atoms with E-state index in [1.165, 1.54) is 22.9 Å². The number of nitrogens with one attached hydrogen (secondary N) is 2. The van der Waals surface area contributed by atoms with Gasteiger partial charge in [0.1, 0.15) is 5.60 Å². The smallest absolute Gasteiger partial charge is 0.410 e. The second-order valence-electron chi connectivity index (χ2n) is 8.63. The second-order valence-corrected chi connectivity index (χ2v) is 8.63. The Kier molecular flexibility index (Phi) is 4.59. The minimum absolute atomic E-state index is 0.197. The lowest BCUT2D eigenvalue weighted by atomic mass is 9.60. The molecule has 2 N–H and O–H groups in total. The van der Waals surface area contributed by atoms with Crippen LogP contribution in [0.15, 0.2) is 17.7 Å². The van der Waals surface area contributed by atoms with Crippen LogP contribution in [0.4, 0.5) is 10.5 Å². The number of allylic oxidation sites excluding steroid dienone is 1. The Balaban J connectivity index is 1.61. The molecule has 1 amide bonds. The topological polar surface area (TPSA) is 65.4 Å². The molecular weight excluding hydrogens is 326 g/mol. The highest BCUT2D eigenvalue weighted by atomic mass is 16.6. The van der Waals surface area contributed by atoms with Crippen molar-refractivity contribution in [3.63, 3.8) is 0 Å². The Labute approximate surface area is 155 Å². The zero-order valence-corrected chi connectivity index (χ0v) is 16.4. The summed E-state index contributed by atoms with van der Waals surface area (Å²) in [7, 11) is 1.89. The first kappa shape index (κ1) is 18.5. The molecular formula is C21H29N3O2. The van der Waals surface area contributed by atoms with Crippen LogP contribution in [0.3, 0.4) is 0 Å². The Bertz CT molecular complexity index is 758. The maximum Gasteiger partial charge on any atom is 0.410 e. The fourth-order valence-corrected chi connectivity index (χ4v) is 4.03. The normalized spacial score (nSPS) is 18.0. The van der Waals surface area contributed by atoms with Crippen molar-refractivity contribution in [2.45, 2.75) is 46.1 Å². The number of nitrogens with zero attached hydrogens (tertiary/aromatic N) is 1. The predicted molar refractivity (Wildman–Crippen MR) is 106 cm³/mol. The summed E-state index contributed by atoms with van der Waals surface area (Å²) in [4.78, 5) is 13.9. The van der Waals surface area contributed by atoms with Crippen molar-refractivity contribution in [2.24, 2.45) is 5.41 Å². The van der Waals surface area contributed by atoms with Crippen molar-refractivity contribution in [3.05, 3.63) is 34.4 Å². The molecule has 1 heterocycles. The Morgan fingerprint density at radius 2 is 1.88 bits per heavy atom. The van der Waals surface area contributed by atoms with Gasteiger partial charge in [-0.2, -0.15) is 0 Å².